The van der Waals surface area contributed by atoms with Crippen molar-refractivity contribution in [2.24, 2.45) is 0 Å². The largest absolute Gasteiger partial charge is 0.573 e. The van der Waals surface area contributed by atoms with Gasteiger partial charge in [0.15, 0.2) is 10.8 Å². The molecular weight excluding hydrogens is 379 g/mol. The highest BCUT2D eigenvalue weighted by atomic mass is 79.9. The molecule has 1 aromatic heterocycles. The number of sulfonamides is 1. The standard InChI is InChI=1S/C10H7BrF3N3O3S/c11-6-1-2-7(8(5-6)20-10(12,13)14)17-21(18,19)9-3-4-15-16-9/h1-5,17H,(H,15,16). The summed E-state index contributed by atoms with van der Waals surface area (Å²) < 4.78 is 66.9. The van der Waals surface area contributed by atoms with Gasteiger partial charge in [-0.05, 0) is 24.3 Å². The van der Waals surface area contributed by atoms with Crippen LogP contribution in [0.3, 0.4) is 0 Å². The number of benzene rings is 1. The van der Waals surface area contributed by atoms with Crippen LogP contribution in [0.4, 0.5) is 18.9 Å². The van der Waals surface area contributed by atoms with Gasteiger partial charge in [-0.25, -0.2) is 0 Å². The molecule has 11 heteroatoms. The number of anilines is 1. The van der Waals surface area contributed by atoms with Crippen LogP contribution in [0.25, 0.3) is 0 Å². The maximum atomic E-state index is 12.3. The first-order valence-electron chi connectivity index (χ1n) is 5.25. The topological polar surface area (TPSA) is 84.1 Å². The van der Waals surface area contributed by atoms with Gasteiger partial charge >= 0.3 is 6.36 Å². The lowest BCUT2D eigenvalue weighted by Gasteiger charge is -2.14. The Kier molecular flexibility index (Phi) is 4.14. The fourth-order valence-electron chi connectivity index (χ4n) is 1.38. The Hall–Kier alpha value is -1.75. The third kappa shape index (κ3) is 4.11. The predicted molar refractivity (Wildman–Crippen MR) is 70.2 cm³/mol. The van der Waals surface area contributed by atoms with E-state index >= 15 is 0 Å². The molecule has 0 unspecified atom stereocenters. The fourth-order valence-corrected chi connectivity index (χ4v) is 2.70. The molecule has 0 aliphatic heterocycles. The molecule has 0 spiro atoms. The van der Waals surface area contributed by atoms with E-state index in [-0.39, 0.29) is 10.7 Å². The second-order valence-corrected chi connectivity index (χ2v) is 6.28. The molecule has 0 bridgehead atoms. The molecule has 1 heterocycles. The first kappa shape index (κ1) is 15.6. The van der Waals surface area contributed by atoms with Gasteiger partial charge in [-0.1, -0.05) is 15.9 Å². The summed E-state index contributed by atoms with van der Waals surface area (Å²) in [4.78, 5) is 0. The van der Waals surface area contributed by atoms with Crippen LogP contribution < -0.4 is 9.46 Å². The summed E-state index contributed by atoms with van der Waals surface area (Å²) in [6, 6.07) is 4.66. The summed E-state index contributed by atoms with van der Waals surface area (Å²) in [5.74, 6) is -0.681. The number of H-pyrrole nitrogens is 1. The summed E-state index contributed by atoms with van der Waals surface area (Å²) in [6.45, 7) is 0. The van der Waals surface area contributed by atoms with E-state index in [2.05, 4.69) is 30.9 Å². The highest BCUT2D eigenvalue weighted by molar-refractivity contribution is 9.10. The molecule has 2 N–H and O–H groups in total. The molecule has 0 atom stereocenters. The van der Waals surface area contributed by atoms with Crippen molar-refractivity contribution in [2.75, 3.05) is 4.72 Å². The molecule has 0 saturated carbocycles. The van der Waals surface area contributed by atoms with Crippen molar-refractivity contribution in [2.45, 2.75) is 11.4 Å². The van der Waals surface area contributed by atoms with Crippen molar-refractivity contribution >= 4 is 31.6 Å². The van der Waals surface area contributed by atoms with Gasteiger partial charge < -0.3 is 4.74 Å². The Morgan fingerprint density at radius 3 is 2.57 bits per heavy atom. The summed E-state index contributed by atoms with van der Waals surface area (Å²) in [5.41, 5.74) is -0.356. The van der Waals surface area contributed by atoms with Crippen molar-refractivity contribution in [1.29, 1.82) is 0 Å². The highest BCUT2D eigenvalue weighted by Gasteiger charge is 2.33. The van der Waals surface area contributed by atoms with Crippen molar-refractivity contribution in [3.8, 4) is 5.75 Å². The van der Waals surface area contributed by atoms with Gasteiger partial charge in [0.05, 0.1) is 11.9 Å². The first-order valence-corrected chi connectivity index (χ1v) is 7.52. The minimum absolute atomic E-state index is 0.289. The zero-order valence-electron chi connectivity index (χ0n) is 9.98. The van der Waals surface area contributed by atoms with Crippen LogP contribution in [-0.4, -0.2) is 25.0 Å². The number of hydrogen-bond donors (Lipinski definition) is 2. The van der Waals surface area contributed by atoms with Crippen LogP contribution in [0.5, 0.6) is 5.75 Å². The lowest BCUT2D eigenvalue weighted by Crippen LogP contribution is -2.20. The van der Waals surface area contributed by atoms with E-state index < -0.39 is 22.1 Å². The van der Waals surface area contributed by atoms with Crippen molar-refractivity contribution < 1.29 is 26.3 Å². The number of rotatable bonds is 4. The van der Waals surface area contributed by atoms with E-state index in [0.29, 0.717) is 4.47 Å². The zero-order chi connectivity index (χ0) is 15.7. The maximum absolute atomic E-state index is 12.3. The second kappa shape index (κ2) is 5.56. The molecule has 0 fully saturated rings. The number of nitrogens with zero attached hydrogens (tertiary/aromatic N) is 1. The predicted octanol–water partition coefficient (Wildman–Crippen LogP) is 2.87. The van der Waals surface area contributed by atoms with Crippen LogP contribution in [0, 0.1) is 0 Å². The monoisotopic (exact) mass is 385 g/mol. The molecule has 2 aromatic rings. The number of aromatic amines is 1. The zero-order valence-corrected chi connectivity index (χ0v) is 12.4. The lowest BCUT2D eigenvalue weighted by atomic mass is 10.3. The van der Waals surface area contributed by atoms with Gasteiger partial charge in [0.1, 0.15) is 0 Å². The maximum Gasteiger partial charge on any atom is 0.573 e. The van der Waals surface area contributed by atoms with E-state index in [1.165, 1.54) is 12.3 Å². The molecule has 6 nitrogen and oxygen atoms in total. The van der Waals surface area contributed by atoms with Gasteiger partial charge in [-0.15, -0.1) is 13.2 Å². The smallest absolute Gasteiger partial charge is 0.403 e. The molecule has 21 heavy (non-hydrogen) atoms. The van der Waals surface area contributed by atoms with Gasteiger partial charge in [-0.2, -0.15) is 13.5 Å². The Morgan fingerprint density at radius 1 is 1.29 bits per heavy atom. The summed E-state index contributed by atoms with van der Waals surface area (Å²) >= 11 is 2.98. The molecule has 0 amide bonds. The van der Waals surface area contributed by atoms with E-state index in [1.54, 1.807) is 0 Å². The van der Waals surface area contributed by atoms with Gasteiger partial charge in [-0.3, -0.25) is 9.82 Å². The molecule has 114 valence electrons. The van der Waals surface area contributed by atoms with Crippen LogP contribution in [0.2, 0.25) is 0 Å². The Bertz CT molecular complexity index is 732. The van der Waals surface area contributed by atoms with E-state index in [1.807, 2.05) is 4.72 Å². The minimum atomic E-state index is -4.95. The van der Waals surface area contributed by atoms with Gasteiger partial charge in [0, 0.05) is 4.47 Å². The van der Waals surface area contributed by atoms with Crippen molar-refractivity contribution in [3.63, 3.8) is 0 Å². The number of nitrogens with one attached hydrogen (secondary N) is 2. The van der Waals surface area contributed by atoms with Crippen molar-refractivity contribution in [3.05, 3.63) is 34.9 Å². The number of alkyl halides is 3. The highest BCUT2D eigenvalue weighted by Crippen LogP contribution is 2.34. The first-order chi connectivity index (χ1) is 9.67. The van der Waals surface area contributed by atoms with Gasteiger partial charge in [0.25, 0.3) is 10.0 Å². The molecule has 0 radical (unpaired) electrons. The Morgan fingerprint density at radius 2 is 2.00 bits per heavy atom. The Balaban J connectivity index is 2.36. The normalized spacial score (nSPS) is 12.2. The second-order valence-electron chi connectivity index (χ2n) is 3.71. The summed E-state index contributed by atoms with van der Waals surface area (Å²) in [7, 11) is -4.09. The molecule has 0 aliphatic rings. The average Bonchev–Trinajstić information content (AvgIpc) is 2.85. The number of halogens is 4. The average molecular weight is 386 g/mol. The number of ether oxygens (including phenoxy) is 1. The SMILES string of the molecule is O=S(=O)(Nc1ccc(Br)cc1OC(F)(F)F)c1ccn[nH]1. The minimum Gasteiger partial charge on any atom is -0.403 e. The number of aromatic nitrogens is 2. The Labute approximate surface area is 125 Å². The van der Waals surface area contributed by atoms with Gasteiger partial charge in [0.2, 0.25) is 0 Å². The third-order valence-corrected chi connectivity index (χ3v) is 3.97. The molecule has 2 rings (SSSR count). The lowest BCUT2D eigenvalue weighted by molar-refractivity contribution is -0.274. The van der Waals surface area contributed by atoms with E-state index in [4.69, 9.17) is 0 Å². The van der Waals surface area contributed by atoms with Crippen LogP contribution in [0.15, 0.2) is 40.0 Å². The van der Waals surface area contributed by atoms with Crippen LogP contribution in [0.1, 0.15) is 0 Å². The van der Waals surface area contributed by atoms with Crippen molar-refractivity contribution in [1.82, 2.24) is 10.2 Å². The molecule has 1 aromatic carbocycles. The van der Waals surface area contributed by atoms with E-state index in [9.17, 15) is 21.6 Å². The molecule has 0 aliphatic carbocycles. The molecule has 0 saturated heterocycles. The third-order valence-electron chi connectivity index (χ3n) is 2.18. The number of hydrogen-bond acceptors (Lipinski definition) is 4. The molecular formula is C10H7BrF3N3O3S. The summed E-state index contributed by atoms with van der Waals surface area (Å²) in [6.07, 6.45) is -3.75. The summed E-state index contributed by atoms with van der Waals surface area (Å²) in [5, 5.41) is 5.38. The fraction of sp³-hybridized carbons (Fsp3) is 0.100. The van der Waals surface area contributed by atoms with Crippen LogP contribution in [-0.2, 0) is 10.0 Å². The quantitative estimate of drug-likeness (QED) is 0.847. The van der Waals surface area contributed by atoms with E-state index in [0.717, 1.165) is 18.2 Å². The van der Waals surface area contributed by atoms with Crippen LogP contribution >= 0.6 is 15.9 Å².